The summed E-state index contributed by atoms with van der Waals surface area (Å²) in [5.74, 6) is 0.0492. The third kappa shape index (κ3) is 2.15. The van der Waals surface area contributed by atoms with Gasteiger partial charge in [-0.3, -0.25) is 4.79 Å². The maximum atomic E-state index is 11.4. The molecule has 1 heterocycles. The third-order valence-electron chi connectivity index (χ3n) is 3.65. The van der Waals surface area contributed by atoms with Gasteiger partial charge in [0.15, 0.2) is 0 Å². The molecule has 0 spiro atoms. The molecular formula is C14H21N3O. The first-order chi connectivity index (χ1) is 8.56. The molecule has 98 valence electrons. The number of hydrogen-bond donors (Lipinski definition) is 2. The minimum atomic E-state index is 0.0492. The number of anilines is 3. The summed E-state index contributed by atoms with van der Waals surface area (Å²) in [5, 5.41) is 2.88. The van der Waals surface area contributed by atoms with Gasteiger partial charge in [0, 0.05) is 18.3 Å². The molecule has 2 rings (SSSR count). The van der Waals surface area contributed by atoms with E-state index >= 15 is 0 Å². The molecule has 1 aromatic carbocycles. The minimum Gasteiger partial charge on any atom is -0.397 e. The van der Waals surface area contributed by atoms with E-state index in [4.69, 9.17) is 5.73 Å². The van der Waals surface area contributed by atoms with Crippen molar-refractivity contribution in [3.63, 3.8) is 0 Å². The third-order valence-corrected chi connectivity index (χ3v) is 3.65. The van der Waals surface area contributed by atoms with Crippen molar-refractivity contribution in [1.29, 1.82) is 0 Å². The summed E-state index contributed by atoms with van der Waals surface area (Å²) < 4.78 is 0. The maximum absolute atomic E-state index is 11.4. The average Bonchev–Trinajstić information content (AvgIpc) is 2.69. The second-order valence-corrected chi connectivity index (χ2v) is 4.84. The fourth-order valence-electron chi connectivity index (χ4n) is 2.47. The number of nitrogens with two attached hydrogens (primary N) is 1. The lowest BCUT2D eigenvalue weighted by Crippen LogP contribution is -2.32. The number of benzene rings is 1. The van der Waals surface area contributed by atoms with E-state index < -0.39 is 0 Å². The molecule has 0 aromatic heterocycles. The van der Waals surface area contributed by atoms with E-state index in [2.05, 4.69) is 31.0 Å². The van der Waals surface area contributed by atoms with E-state index in [-0.39, 0.29) is 5.91 Å². The van der Waals surface area contributed by atoms with Crippen LogP contribution < -0.4 is 16.0 Å². The van der Waals surface area contributed by atoms with Crippen molar-refractivity contribution < 1.29 is 4.79 Å². The van der Waals surface area contributed by atoms with Crippen LogP contribution in [0.5, 0.6) is 0 Å². The molecule has 1 aromatic rings. The van der Waals surface area contributed by atoms with Crippen molar-refractivity contribution in [3.05, 3.63) is 17.7 Å². The van der Waals surface area contributed by atoms with Gasteiger partial charge in [0.2, 0.25) is 5.91 Å². The molecule has 1 amide bonds. The summed E-state index contributed by atoms with van der Waals surface area (Å²) >= 11 is 0. The molecule has 1 unspecified atom stereocenters. The van der Waals surface area contributed by atoms with Gasteiger partial charge >= 0.3 is 0 Å². The minimum absolute atomic E-state index is 0.0492. The number of carbonyl (C=O) groups is 1. The van der Waals surface area contributed by atoms with Gasteiger partial charge in [0.1, 0.15) is 0 Å². The van der Waals surface area contributed by atoms with E-state index in [1.165, 1.54) is 0 Å². The highest BCUT2D eigenvalue weighted by molar-refractivity contribution is 6.00. The Labute approximate surface area is 108 Å². The molecule has 0 bridgehead atoms. The van der Waals surface area contributed by atoms with Gasteiger partial charge in [0.25, 0.3) is 0 Å². The summed E-state index contributed by atoms with van der Waals surface area (Å²) in [7, 11) is 0. The number of nitrogens with one attached hydrogen (secondary N) is 1. The molecule has 0 saturated heterocycles. The van der Waals surface area contributed by atoms with Crippen LogP contribution >= 0.6 is 0 Å². The molecule has 18 heavy (non-hydrogen) atoms. The Morgan fingerprint density at radius 1 is 1.44 bits per heavy atom. The molecule has 1 aliphatic rings. The van der Waals surface area contributed by atoms with Crippen LogP contribution in [0.2, 0.25) is 0 Å². The zero-order valence-electron chi connectivity index (χ0n) is 11.3. The number of nitrogens with zero attached hydrogens (tertiary/aromatic N) is 1. The highest BCUT2D eigenvalue weighted by Crippen LogP contribution is 2.34. The molecular weight excluding hydrogens is 226 g/mol. The lowest BCUT2D eigenvalue weighted by atomic mass is 10.1. The highest BCUT2D eigenvalue weighted by atomic mass is 16.1. The quantitative estimate of drug-likeness (QED) is 0.803. The number of carbonyl (C=O) groups excluding carboxylic acids is 1. The Morgan fingerprint density at radius 3 is 2.78 bits per heavy atom. The molecule has 4 heteroatoms. The van der Waals surface area contributed by atoms with Gasteiger partial charge in [-0.05, 0) is 38.0 Å². The monoisotopic (exact) mass is 247 g/mol. The summed E-state index contributed by atoms with van der Waals surface area (Å²) in [6.07, 6.45) is 1.51. The van der Waals surface area contributed by atoms with Crippen molar-refractivity contribution in [2.24, 2.45) is 0 Å². The Balaban J connectivity index is 2.39. The molecule has 0 fully saturated rings. The molecule has 4 nitrogen and oxygen atoms in total. The smallest absolute Gasteiger partial charge is 0.228 e. The molecule has 3 N–H and O–H groups in total. The number of amides is 1. The SMILES string of the molecule is CCC(C)N(CC)c1cc2c(cc1N)CC(=O)N2. The predicted molar refractivity (Wildman–Crippen MR) is 76.0 cm³/mol. The van der Waals surface area contributed by atoms with E-state index in [1.54, 1.807) is 0 Å². The van der Waals surface area contributed by atoms with E-state index in [0.29, 0.717) is 12.5 Å². The van der Waals surface area contributed by atoms with Crippen molar-refractivity contribution >= 4 is 23.0 Å². The maximum Gasteiger partial charge on any atom is 0.228 e. The largest absolute Gasteiger partial charge is 0.397 e. The van der Waals surface area contributed by atoms with Gasteiger partial charge in [0.05, 0.1) is 17.8 Å². The van der Waals surface area contributed by atoms with Gasteiger partial charge in [-0.1, -0.05) is 6.92 Å². The van der Waals surface area contributed by atoms with Crippen molar-refractivity contribution in [2.45, 2.75) is 39.7 Å². The predicted octanol–water partition coefficient (Wildman–Crippen LogP) is 2.39. The Hall–Kier alpha value is -1.71. The Morgan fingerprint density at radius 2 is 2.17 bits per heavy atom. The summed E-state index contributed by atoms with van der Waals surface area (Å²) in [5.41, 5.74) is 9.81. The molecule has 0 aliphatic carbocycles. The zero-order valence-corrected chi connectivity index (χ0v) is 11.3. The standard InChI is InChI=1S/C14H21N3O/c1-4-9(3)17(5-2)13-8-12-10(6-11(13)15)7-14(18)16-12/h6,8-9H,4-5,7,15H2,1-3H3,(H,16,18). The summed E-state index contributed by atoms with van der Waals surface area (Å²) in [4.78, 5) is 13.7. The van der Waals surface area contributed by atoms with Crippen LogP contribution in [-0.4, -0.2) is 18.5 Å². The van der Waals surface area contributed by atoms with Crippen LogP contribution in [0.4, 0.5) is 17.1 Å². The lowest BCUT2D eigenvalue weighted by molar-refractivity contribution is -0.115. The molecule has 1 atom stereocenters. The number of fused-ring (bicyclic) bond motifs is 1. The van der Waals surface area contributed by atoms with Gasteiger partial charge in [-0.15, -0.1) is 0 Å². The lowest BCUT2D eigenvalue weighted by Gasteiger charge is -2.31. The topological polar surface area (TPSA) is 58.4 Å². The first-order valence-corrected chi connectivity index (χ1v) is 6.55. The van der Waals surface area contributed by atoms with Crippen molar-refractivity contribution in [3.8, 4) is 0 Å². The molecule has 0 saturated carbocycles. The van der Waals surface area contributed by atoms with E-state index in [1.807, 2.05) is 12.1 Å². The van der Waals surface area contributed by atoms with E-state index in [0.717, 1.165) is 35.6 Å². The Bertz CT molecular complexity index is 470. The van der Waals surface area contributed by atoms with Gasteiger partial charge in [-0.25, -0.2) is 0 Å². The average molecular weight is 247 g/mol. The normalized spacial score (nSPS) is 15.2. The van der Waals surface area contributed by atoms with Crippen LogP contribution in [0.3, 0.4) is 0 Å². The number of nitrogen functional groups attached to an aromatic ring is 1. The first kappa shape index (κ1) is 12.7. The Kier molecular flexibility index (Phi) is 3.45. The van der Waals surface area contributed by atoms with Crippen LogP contribution in [-0.2, 0) is 11.2 Å². The zero-order chi connectivity index (χ0) is 13.3. The van der Waals surface area contributed by atoms with E-state index in [9.17, 15) is 4.79 Å². The van der Waals surface area contributed by atoms with Crippen molar-refractivity contribution in [1.82, 2.24) is 0 Å². The fourth-order valence-corrected chi connectivity index (χ4v) is 2.47. The van der Waals surface area contributed by atoms with Crippen LogP contribution in [0.25, 0.3) is 0 Å². The van der Waals surface area contributed by atoms with Crippen LogP contribution in [0.15, 0.2) is 12.1 Å². The summed E-state index contributed by atoms with van der Waals surface area (Å²) in [6, 6.07) is 4.37. The van der Waals surface area contributed by atoms with Gasteiger partial charge in [-0.2, -0.15) is 0 Å². The second kappa shape index (κ2) is 4.88. The fraction of sp³-hybridized carbons (Fsp3) is 0.500. The van der Waals surface area contributed by atoms with Crippen LogP contribution in [0.1, 0.15) is 32.8 Å². The molecule has 1 aliphatic heterocycles. The van der Waals surface area contributed by atoms with Gasteiger partial charge < -0.3 is 16.0 Å². The number of hydrogen-bond acceptors (Lipinski definition) is 3. The summed E-state index contributed by atoms with van der Waals surface area (Å²) in [6.45, 7) is 7.39. The van der Waals surface area contributed by atoms with Crippen LogP contribution in [0, 0.1) is 0 Å². The second-order valence-electron chi connectivity index (χ2n) is 4.84. The van der Waals surface area contributed by atoms with Crippen molar-refractivity contribution in [2.75, 3.05) is 22.5 Å². The number of rotatable bonds is 4. The highest BCUT2D eigenvalue weighted by Gasteiger charge is 2.22. The first-order valence-electron chi connectivity index (χ1n) is 6.55. The molecule has 0 radical (unpaired) electrons.